The molecule has 0 aromatic heterocycles. The van der Waals surface area contributed by atoms with Crippen LogP contribution in [0, 0.1) is 0 Å². The van der Waals surface area contributed by atoms with Gasteiger partial charge in [-0.1, -0.05) is 213 Å². The number of phosphoric acid groups is 1. The Morgan fingerprint density at radius 2 is 0.889 bits per heavy atom. The molecule has 3 atom stereocenters. The average Bonchev–Trinajstić information content (AvgIpc) is 3.11. The lowest BCUT2D eigenvalue weighted by atomic mass is 10.0. The Labute approximate surface area is 336 Å². The molecule has 0 saturated carbocycles. The van der Waals surface area contributed by atoms with Crippen molar-refractivity contribution in [3.05, 3.63) is 0 Å². The molecule has 0 fully saturated rings. The number of unbranched alkanes of at least 4 members (excludes halogenated alkanes) is 30. The van der Waals surface area contributed by atoms with Gasteiger partial charge in [-0.15, -0.1) is 0 Å². The molecule has 0 spiro atoms. The number of hydrogen-bond donors (Lipinski definition) is 3. The number of nitrogens with one attached hydrogen (secondary N) is 1. The molecule has 3 N–H and O–H groups in total. The van der Waals surface area contributed by atoms with Crippen molar-refractivity contribution in [2.45, 2.75) is 244 Å². The normalized spacial score (nSPS) is 14.3. The van der Waals surface area contributed by atoms with Crippen molar-refractivity contribution in [1.82, 2.24) is 5.32 Å². The van der Waals surface area contributed by atoms with Crippen LogP contribution in [0.2, 0.25) is 0 Å². The van der Waals surface area contributed by atoms with Crippen molar-refractivity contribution in [1.29, 1.82) is 0 Å². The fraction of sp³-hybridized carbons (Fsp3) is 0.978. The number of amides is 1. The van der Waals surface area contributed by atoms with Gasteiger partial charge < -0.3 is 19.8 Å². The Hall–Kier alpha value is -0.500. The molecule has 8 nitrogen and oxygen atoms in total. The predicted molar refractivity (Wildman–Crippen MR) is 231 cm³/mol. The van der Waals surface area contributed by atoms with Gasteiger partial charge >= 0.3 is 7.82 Å². The largest absolute Gasteiger partial charge is 0.472 e. The maximum absolute atomic E-state index is 12.4. The molecule has 0 saturated heterocycles. The van der Waals surface area contributed by atoms with E-state index in [1.807, 2.05) is 28.1 Å². The Balaban J connectivity index is 3.63. The van der Waals surface area contributed by atoms with Crippen LogP contribution in [0.5, 0.6) is 0 Å². The summed E-state index contributed by atoms with van der Waals surface area (Å²) in [6.45, 7) is 4.56. The number of aliphatic hydroxyl groups is 1. The van der Waals surface area contributed by atoms with Gasteiger partial charge in [-0.25, -0.2) is 4.57 Å². The number of carbonyl (C=O) groups is 1. The first-order chi connectivity index (χ1) is 26.0. The third kappa shape index (κ3) is 39.7. The van der Waals surface area contributed by atoms with Gasteiger partial charge in [-0.3, -0.25) is 13.8 Å². The molecule has 54 heavy (non-hydrogen) atoms. The second-order valence-corrected chi connectivity index (χ2v) is 19.0. The maximum Gasteiger partial charge on any atom is 0.472 e. The van der Waals surface area contributed by atoms with Crippen LogP contribution < -0.4 is 5.32 Å². The molecule has 0 aromatic rings. The van der Waals surface area contributed by atoms with E-state index in [2.05, 4.69) is 12.2 Å². The molecule has 1 amide bonds. The number of carbonyl (C=O) groups excluding carboxylic acids is 1. The first-order valence-electron chi connectivity index (χ1n) is 23.4. The zero-order valence-electron chi connectivity index (χ0n) is 36.7. The van der Waals surface area contributed by atoms with Gasteiger partial charge in [0, 0.05) is 6.42 Å². The van der Waals surface area contributed by atoms with E-state index in [1.54, 1.807) is 0 Å². The van der Waals surface area contributed by atoms with E-state index in [0.29, 0.717) is 30.3 Å². The van der Waals surface area contributed by atoms with E-state index < -0.39 is 20.0 Å². The highest BCUT2D eigenvalue weighted by Gasteiger charge is 2.28. The Kier molecular flexibility index (Phi) is 37.7. The molecule has 0 bridgehead atoms. The molecule has 0 rings (SSSR count). The van der Waals surface area contributed by atoms with Crippen molar-refractivity contribution >= 4 is 13.7 Å². The molecule has 0 aliphatic carbocycles. The highest BCUT2D eigenvalue weighted by atomic mass is 31.2. The number of quaternary nitrogens is 1. The minimum absolute atomic E-state index is 0.0758. The van der Waals surface area contributed by atoms with Crippen LogP contribution in [0.3, 0.4) is 0 Å². The van der Waals surface area contributed by atoms with Crippen molar-refractivity contribution in [2.24, 2.45) is 0 Å². The van der Waals surface area contributed by atoms with E-state index in [1.165, 1.54) is 180 Å². The summed E-state index contributed by atoms with van der Waals surface area (Å²) in [5.41, 5.74) is 0. The molecular weight excluding hydrogens is 695 g/mol. The molecule has 0 aliphatic heterocycles. The molecule has 9 heteroatoms. The summed E-state index contributed by atoms with van der Waals surface area (Å²) in [5, 5.41) is 13.6. The van der Waals surface area contributed by atoms with Crippen molar-refractivity contribution in [2.75, 3.05) is 40.9 Å². The topological polar surface area (TPSA) is 105 Å². The Morgan fingerprint density at radius 1 is 0.556 bits per heavy atom. The SMILES string of the molecule is CCCCCCCCCCCCCCCCCCCCCCCCCCCCCCCCCC(O)C(COP(=O)(O)OCC[N+](C)(C)C)NC(=O)CCC. The van der Waals surface area contributed by atoms with Crippen molar-refractivity contribution < 1.29 is 32.9 Å². The number of nitrogens with zero attached hydrogens (tertiary/aromatic N) is 1. The van der Waals surface area contributed by atoms with Gasteiger partial charge in [0.15, 0.2) is 0 Å². The average molecular weight is 790 g/mol. The highest BCUT2D eigenvalue weighted by Crippen LogP contribution is 2.43. The van der Waals surface area contributed by atoms with Crippen LogP contribution in [-0.4, -0.2) is 73.4 Å². The summed E-state index contributed by atoms with van der Waals surface area (Å²) in [4.78, 5) is 22.3. The number of likely N-dealkylation sites (N-methyl/N-ethyl adjacent to an activating group) is 1. The standard InChI is InChI=1S/C45H93N2O6P/c1-6-8-9-10-11-12-13-14-15-16-17-18-19-20-21-22-23-24-25-26-27-28-29-30-31-32-33-34-35-36-37-39-44(48)43(46-45(49)38-7-2)42-53-54(50,51)52-41-40-47(3,4)5/h43-44,48H,6-42H2,1-5H3,(H-,46,49,50,51)/p+1. The molecule has 0 aliphatic rings. The van der Waals surface area contributed by atoms with E-state index in [9.17, 15) is 19.4 Å². The van der Waals surface area contributed by atoms with Crippen LogP contribution >= 0.6 is 7.82 Å². The zero-order chi connectivity index (χ0) is 40.0. The van der Waals surface area contributed by atoms with Crippen LogP contribution in [-0.2, 0) is 18.4 Å². The first kappa shape index (κ1) is 53.5. The summed E-state index contributed by atoms with van der Waals surface area (Å²) in [6, 6.07) is -0.750. The summed E-state index contributed by atoms with van der Waals surface area (Å²) >= 11 is 0. The summed E-state index contributed by atoms with van der Waals surface area (Å²) < 4.78 is 23.2. The summed E-state index contributed by atoms with van der Waals surface area (Å²) in [7, 11) is 1.62. The lowest BCUT2D eigenvalue weighted by molar-refractivity contribution is -0.870. The van der Waals surface area contributed by atoms with Gasteiger partial charge in [0.2, 0.25) is 5.91 Å². The van der Waals surface area contributed by atoms with Crippen LogP contribution in [0.25, 0.3) is 0 Å². The van der Waals surface area contributed by atoms with Gasteiger partial charge in [-0.2, -0.15) is 0 Å². The van der Waals surface area contributed by atoms with Gasteiger partial charge in [0.05, 0.1) is 39.9 Å². The highest BCUT2D eigenvalue weighted by molar-refractivity contribution is 7.47. The molecule has 0 aromatic carbocycles. The van der Waals surface area contributed by atoms with E-state index in [4.69, 9.17) is 9.05 Å². The minimum Gasteiger partial charge on any atom is -0.391 e. The number of rotatable bonds is 43. The second-order valence-electron chi connectivity index (χ2n) is 17.5. The second kappa shape index (κ2) is 38.0. The first-order valence-corrected chi connectivity index (χ1v) is 24.9. The Morgan fingerprint density at radius 3 is 1.20 bits per heavy atom. The molecule has 3 unspecified atom stereocenters. The monoisotopic (exact) mass is 790 g/mol. The predicted octanol–water partition coefficient (Wildman–Crippen LogP) is 13.0. The van der Waals surface area contributed by atoms with Gasteiger partial charge in [0.1, 0.15) is 13.2 Å². The lowest BCUT2D eigenvalue weighted by Gasteiger charge is -2.26. The number of aliphatic hydroxyl groups excluding tert-OH is 1. The van der Waals surface area contributed by atoms with Crippen molar-refractivity contribution in [3.63, 3.8) is 0 Å². The number of hydrogen-bond acceptors (Lipinski definition) is 5. The smallest absolute Gasteiger partial charge is 0.391 e. The maximum atomic E-state index is 12.4. The minimum atomic E-state index is -4.28. The molecule has 324 valence electrons. The van der Waals surface area contributed by atoms with Crippen molar-refractivity contribution in [3.8, 4) is 0 Å². The summed E-state index contributed by atoms with van der Waals surface area (Å²) in [5.74, 6) is -0.195. The quantitative estimate of drug-likeness (QED) is 0.0323. The fourth-order valence-electron chi connectivity index (χ4n) is 7.15. The van der Waals surface area contributed by atoms with Gasteiger partial charge in [0.25, 0.3) is 0 Å². The lowest BCUT2D eigenvalue weighted by Crippen LogP contribution is -2.46. The summed E-state index contributed by atoms with van der Waals surface area (Å²) in [6.07, 6.45) is 43.3. The van der Waals surface area contributed by atoms with Crippen LogP contribution in [0.15, 0.2) is 0 Å². The number of phosphoric ester groups is 1. The van der Waals surface area contributed by atoms with Gasteiger partial charge in [-0.05, 0) is 12.8 Å². The molecule has 0 radical (unpaired) electrons. The molecular formula is C45H94N2O6P+. The third-order valence-electron chi connectivity index (χ3n) is 10.8. The Bertz CT molecular complexity index is 855. The van der Waals surface area contributed by atoms with E-state index >= 15 is 0 Å². The van der Waals surface area contributed by atoms with Crippen LogP contribution in [0.4, 0.5) is 0 Å². The van der Waals surface area contributed by atoms with Crippen LogP contribution in [0.1, 0.15) is 232 Å². The molecule has 0 heterocycles. The van der Waals surface area contributed by atoms with E-state index in [-0.39, 0.29) is 19.1 Å². The zero-order valence-corrected chi connectivity index (χ0v) is 37.6. The third-order valence-corrected chi connectivity index (χ3v) is 11.8. The van der Waals surface area contributed by atoms with E-state index in [0.717, 1.165) is 19.3 Å². The fourth-order valence-corrected chi connectivity index (χ4v) is 7.89.